The molecule has 5 nitrogen and oxygen atoms in total. The Balaban J connectivity index is 1.59. The normalized spacial score (nSPS) is 13.6. The molecule has 0 saturated carbocycles. The lowest BCUT2D eigenvalue weighted by Gasteiger charge is -2.13. The number of methoxy groups -OCH3 is 1. The zero-order valence-corrected chi connectivity index (χ0v) is 13.2. The van der Waals surface area contributed by atoms with Crippen LogP contribution in [-0.2, 0) is 6.42 Å². The van der Waals surface area contributed by atoms with Gasteiger partial charge in [0.2, 0.25) is 0 Å². The number of rotatable bonds is 4. The molecule has 0 radical (unpaired) electrons. The highest BCUT2D eigenvalue weighted by Crippen LogP contribution is 2.28. The Morgan fingerprint density at radius 2 is 1.71 bits per heavy atom. The summed E-state index contributed by atoms with van der Waals surface area (Å²) < 4.78 is 5.35. The highest BCUT2D eigenvalue weighted by Gasteiger charge is 2.34. The van der Waals surface area contributed by atoms with E-state index in [9.17, 15) is 9.59 Å². The van der Waals surface area contributed by atoms with Gasteiger partial charge < -0.3 is 9.72 Å². The Hall–Kier alpha value is -3.08. The van der Waals surface area contributed by atoms with Crippen LogP contribution in [0.25, 0.3) is 10.9 Å². The molecule has 0 fully saturated rings. The second-order valence-corrected chi connectivity index (χ2v) is 5.75. The third kappa shape index (κ3) is 2.09. The number of nitrogens with one attached hydrogen (secondary N) is 1. The maximum Gasteiger partial charge on any atom is 0.261 e. The van der Waals surface area contributed by atoms with Crippen LogP contribution in [0.15, 0.2) is 48.7 Å². The molecule has 1 aromatic heterocycles. The number of amides is 2. The minimum Gasteiger partial charge on any atom is -0.495 e. The summed E-state index contributed by atoms with van der Waals surface area (Å²) in [4.78, 5) is 29.3. The molecule has 120 valence electrons. The lowest BCUT2D eigenvalue weighted by Crippen LogP contribution is -2.31. The number of imide groups is 1. The number of ether oxygens (including phenoxy) is 1. The maximum absolute atomic E-state index is 12.4. The Kier molecular flexibility index (Phi) is 3.34. The van der Waals surface area contributed by atoms with Crippen molar-refractivity contribution in [1.29, 1.82) is 0 Å². The summed E-state index contributed by atoms with van der Waals surface area (Å²) in [5.74, 6) is 0.348. The van der Waals surface area contributed by atoms with Crippen molar-refractivity contribution >= 4 is 22.7 Å². The van der Waals surface area contributed by atoms with E-state index in [1.807, 2.05) is 24.4 Å². The minimum absolute atomic E-state index is 0.215. The van der Waals surface area contributed by atoms with E-state index < -0.39 is 0 Å². The molecule has 1 aliphatic heterocycles. The summed E-state index contributed by atoms with van der Waals surface area (Å²) in [6, 6.07) is 12.8. The van der Waals surface area contributed by atoms with Crippen molar-refractivity contribution in [2.24, 2.45) is 0 Å². The predicted molar refractivity (Wildman–Crippen MR) is 90.4 cm³/mol. The lowest BCUT2D eigenvalue weighted by molar-refractivity contribution is 0.0656. The van der Waals surface area contributed by atoms with Gasteiger partial charge in [0.1, 0.15) is 5.75 Å². The van der Waals surface area contributed by atoms with E-state index in [0.29, 0.717) is 24.1 Å². The molecule has 4 rings (SSSR count). The summed E-state index contributed by atoms with van der Waals surface area (Å²) in [6.45, 7) is 0.358. The van der Waals surface area contributed by atoms with E-state index in [0.717, 1.165) is 22.2 Å². The summed E-state index contributed by atoms with van der Waals surface area (Å²) in [7, 11) is 1.63. The Labute approximate surface area is 138 Å². The Morgan fingerprint density at radius 1 is 1.00 bits per heavy atom. The number of aromatic amines is 1. The average molecular weight is 320 g/mol. The van der Waals surface area contributed by atoms with Gasteiger partial charge in [0.05, 0.1) is 23.8 Å². The van der Waals surface area contributed by atoms with E-state index in [1.165, 1.54) is 4.90 Å². The zero-order valence-electron chi connectivity index (χ0n) is 13.2. The monoisotopic (exact) mass is 320 g/mol. The van der Waals surface area contributed by atoms with Gasteiger partial charge in [-0.3, -0.25) is 14.5 Å². The third-order valence-electron chi connectivity index (χ3n) is 4.47. The van der Waals surface area contributed by atoms with Gasteiger partial charge in [-0.2, -0.15) is 0 Å². The van der Waals surface area contributed by atoms with Crippen LogP contribution < -0.4 is 4.74 Å². The highest BCUT2D eigenvalue weighted by molar-refractivity contribution is 6.21. The number of fused-ring (bicyclic) bond motifs is 2. The van der Waals surface area contributed by atoms with Crippen LogP contribution >= 0.6 is 0 Å². The summed E-state index contributed by atoms with van der Waals surface area (Å²) in [6.07, 6.45) is 2.50. The van der Waals surface area contributed by atoms with Crippen LogP contribution in [0.3, 0.4) is 0 Å². The van der Waals surface area contributed by atoms with Gasteiger partial charge >= 0.3 is 0 Å². The smallest absolute Gasteiger partial charge is 0.261 e. The molecule has 0 bridgehead atoms. The van der Waals surface area contributed by atoms with E-state index in [4.69, 9.17) is 4.74 Å². The van der Waals surface area contributed by atoms with Crippen LogP contribution in [0.5, 0.6) is 5.75 Å². The first-order valence-corrected chi connectivity index (χ1v) is 7.79. The van der Waals surface area contributed by atoms with Gasteiger partial charge in [0, 0.05) is 18.1 Å². The molecule has 0 unspecified atom stereocenters. The second kappa shape index (κ2) is 5.53. The van der Waals surface area contributed by atoms with Crippen molar-refractivity contribution in [3.8, 4) is 5.75 Å². The standard InChI is InChI=1S/C19H16N2O3/c1-24-16-8-4-7-13-12(11-20-17(13)16)9-10-21-18(22)14-5-2-3-6-15(14)19(21)23/h2-8,11,20H,9-10H2,1H3. The molecule has 1 N–H and O–H groups in total. The molecular formula is C19H16N2O3. The van der Waals surface area contributed by atoms with Crippen LogP contribution in [0.1, 0.15) is 26.3 Å². The summed E-state index contributed by atoms with van der Waals surface area (Å²) >= 11 is 0. The topological polar surface area (TPSA) is 62.4 Å². The van der Waals surface area contributed by atoms with Gasteiger partial charge in [-0.05, 0) is 30.2 Å². The molecule has 1 aliphatic rings. The number of carbonyl (C=O) groups excluding carboxylic acids is 2. The van der Waals surface area contributed by atoms with Crippen LogP contribution in [-0.4, -0.2) is 35.4 Å². The number of nitrogens with zero attached hydrogens (tertiary/aromatic N) is 1. The molecule has 0 aliphatic carbocycles. The first-order valence-electron chi connectivity index (χ1n) is 7.79. The van der Waals surface area contributed by atoms with Crippen molar-refractivity contribution in [3.05, 3.63) is 65.4 Å². The third-order valence-corrected chi connectivity index (χ3v) is 4.47. The molecule has 2 aromatic carbocycles. The largest absolute Gasteiger partial charge is 0.495 e. The number of hydrogen-bond acceptors (Lipinski definition) is 3. The number of carbonyl (C=O) groups is 2. The number of aromatic nitrogens is 1. The van der Waals surface area contributed by atoms with E-state index in [1.54, 1.807) is 31.4 Å². The SMILES string of the molecule is COc1cccc2c(CCN3C(=O)c4ccccc4C3=O)c[nH]c12. The quantitative estimate of drug-likeness (QED) is 0.752. The Bertz CT molecular complexity index is 923. The number of para-hydroxylation sites is 1. The molecule has 0 atom stereocenters. The first-order chi connectivity index (χ1) is 11.7. The molecule has 24 heavy (non-hydrogen) atoms. The van der Waals surface area contributed by atoms with Gasteiger partial charge in [-0.25, -0.2) is 0 Å². The molecule has 2 amide bonds. The minimum atomic E-state index is -0.215. The van der Waals surface area contributed by atoms with E-state index in [2.05, 4.69) is 4.98 Å². The van der Waals surface area contributed by atoms with E-state index in [-0.39, 0.29) is 11.8 Å². The van der Waals surface area contributed by atoms with Gasteiger partial charge in [0.25, 0.3) is 11.8 Å². The number of benzene rings is 2. The van der Waals surface area contributed by atoms with Crippen LogP contribution in [0.4, 0.5) is 0 Å². The van der Waals surface area contributed by atoms with Crippen molar-refractivity contribution < 1.29 is 14.3 Å². The fourth-order valence-electron chi connectivity index (χ4n) is 3.24. The average Bonchev–Trinajstić information content (AvgIpc) is 3.14. The summed E-state index contributed by atoms with van der Waals surface area (Å²) in [5, 5.41) is 1.05. The van der Waals surface area contributed by atoms with Gasteiger partial charge in [-0.15, -0.1) is 0 Å². The second-order valence-electron chi connectivity index (χ2n) is 5.75. The lowest BCUT2D eigenvalue weighted by atomic mass is 10.1. The fourth-order valence-corrected chi connectivity index (χ4v) is 3.24. The highest BCUT2D eigenvalue weighted by atomic mass is 16.5. The molecule has 0 saturated heterocycles. The van der Waals surface area contributed by atoms with Crippen molar-refractivity contribution in [1.82, 2.24) is 9.88 Å². The first kappa shape index (κ1) is 14.5. The van der Waals surface area contributed by atoms with Crippen molar-refractivity contribution in [2.75, 3.05) is 13.7 Å². The number of hydrogen-bond donors (Lipinski definition) is 1. The zero-order chi connectivity index (χ0) is 16.7. The summed E-state index contributed by atoms with van der Waals surface area (Å²) in [5.41, 5.74) is 2.96. The molecule has 3 aromatic rings. The van der Waals surface area contributed by atoms with Crippen LogP contribution in [0, 0.1) is 0 Å². The fraction of sp³-hybridized carbons (Fsp3) is 0.158. The van der Waals surface area contributed by atoms with E-state index >= 15 is 0 Å². The van der Waals surface area contributed by atoms with Gasteiger partial charge in [-0.1, -0.05) is 24.3 Å². The molecule has 0 spiro atoms. The van der Waals surface area contributed by atoms with Crippen molar-refractivity contribution in [2.45, 2.75) is 6.42 Å². The van der Waals surface area contributed by atoms with Crippen molar-refractivity contribution in [3.63, 3.8) is 0 Å². The molecule has 5 heteroatoms. The molecular weight excluding hydrogens is 304 g/mol. The molecule has 2 heterocycles. The predicted octanol–water partition coefficient (Wildman–Crippen LogP) is 3.02. The van der Waals surface area contributed by atoms with Crippen LogP contribution in [0.2, 0.25) is 0 Å². The number of H-pyrrole nitrogens is 1. The maximum atomic E-state index is 12.4. The Morgan fingerprint density at radius 3 is 2.38 bits per heavy atom. The van der Waals surface area contributed by atoms with Gasteiger partial charge in [0.15, 0.2) is 0 Å².